The molecular formula is C13H12N4O4. The molecule has 1 fully saturated rings. The number of rotatable bonds is 2. The van der Waals surface area contributed by atoms with Gasteiger partial charge in [0.05, 0.1) is 11.1 Å². The van der Waals surface area contributed by atoms with Crippen LogP contribution in [0, 0.1) is 0 Å². The molecule has 0 radical (unpaired) electrons. The molecule has 3 rings (SSSR count). The van der Waals surface area contributed by atoms with Crippen LogP contribution in [0.1, 0.15) is 16.8 Å². The van der Waals surface area contributed by atoms with E-state index in [-0.39, 0.29) is 24.4 Å². The number of carbonyl (C=O) groups is 3. The molecule has 1 aliphatic rings. The number of aryl methyl sites for hydroxylation is 1. The Morgan fingerprint density at radius 1 is 1.38 bits per heavy atom. The second-order valence-corrected chi connectivity index (χ2v) is 4.74. The summed E-state index contributed by atoms with van der Waals surface area (Å²) >= 11 is 0. The third kappa shape index (κ3) is 2.10. The van der Waals surface area contributed by atoms with E-state index in [4.69, 9.17) is 5.11 Å². The minimum Gasteiger partial charge on any atom is -0.478 e. The van der Waals surface area contributed by atoms with Crippen LogP contribution in [0.25, 0.3) is 10.9 Å². The lowest BCUT2D eigenvalue weighted by Gasteiger charge is -2.26. The van der Waals surface area contributed by atoms with E-state index in [2.05, 4.69) is 10.4 Å². The van der Waals surface area contributed by atoms with Crippen LogP contribution in [0.15, 0.2) is 18.2 Å². The summed E-state index contributed by atoms with van der Waals surface area (Å²) in [5, 5.41) is 16.1. The molecule has 0 bridgehead atoms. The lowest BCUT2D eigenvalue weighted by atomic mass is 10.1. The van der Waals surface area contributed by atoms with Gasteiger partial charge in [-0.2, -0.15) is 5.10 Å². The summed E-state index contributed by atoms with van der Waals surface area (Å²) in [4.78, 5) is 35.6. The predicted octanol–water partition coefficient (Wildman–Crippen LogP) is 0.718. The van der Waals surface area contributed by atoms with Crippen molar-refractivity contribution < 1.29 is 19.5 Å². The van der Waals surface area contributed by atoms with E-state index in [0.29, 0.717) is 16.7 Å². The second-order valence-electron chi connectivity index (χ2n) is 4.74. The molecule has 1 aliphatic heterocycles. The fourth-order valence-corrected chi connectivity index (χ4v) is 2.40. The summed E-state index contributed by atoms with van der Waals surface area (Å²) in [7, 11) is 1.67. The Balaban J connectivity index is 2.14. The molecular weight excluding hydrogens is 276 g/mol. The fourth-order valence-electron chi connectivity index (χ4n) is 2.40. The first kappa shape index (κ1) is 13.1. The molecule has 8 heteroatoms. The normalized spacial score (nSPS) is 15.4. The van der Waals surface area contributed by atoms with Crippen molar-refractivity contribution in [3.63, 3.8) is 0 Å². The average molecular weight is 288 g/mol. The quantitative estimate of drug-likeness (QED) is 0.847. The highest BCUT2D eigenvalue weighted by molar-refractivity contribution is 6.09. The number of carboxylic acids is 1. The summed E-state index contributed by atoms with van der Waals surface area (Å²) in [6.07, 6.45) is 0.192. The van der Waals surface area contributed by atoms with Crippen LogP contribution in [0.2, 0.25) is 0 Å². The summed E-state index contributed by atoms with van der Waals surface area (Å²) in [6.45, 7) is 0.233. The lowest BCUT2D eigenvalue weighted by Crippen LogP contribution is -2.50. The molecule has 0 spiro atoms. The maximum atomic E-state index is 12.0. The summed E-state index contributed by atoms with van der Waals surface area (Å²) in [5.41, 5.74) is 0.701. The van der Waals surface area contributed by atoms with Crippen LogP contribution < -0.4 is 10.2 Å². The van der Waals surface area contributed by atoms with Gasteiger partial charge in [-0.1, -0.05) is 0 Å². The van der Waals surface area contributed by atoms with E-state index in [1.54, 1.807) is 13.1 Å². The van der Waals surface area contributed by atoms with Gasteiger partial charge in [-0.05, 0) is 18.2 Å². The number of fused-ring (bicyclic) bond motifs is 1. The van der Waals surface area contributed by atoms with Gasteiger partial charge in [0.15, 0.2) is 0 Å². The number of imide groups is 1. The van der Waals surface area contributed by atoms with Crippen molar-refractivity contribution in [3.05, 3.63) is 23.8 Å². The molecule has 0 unspecified atom stereocenters. The number of benzene rings is 1. The van der Waals surface area contributed by atoms with Crippen LogP contribution in [0.4, 0.5) is 10.6 Å². The molecule has 0 atom stereocenters. The number of anilines is 1. The van der Waals surface area contributed by atoms with Gasteiger partial charge >= 0.3 is 12.0 Å². The fraction of sp³-hybridized carbons (Fsp3) is 0.231. The molecule has 2 heterocycles. The van der Waals surface area contributed by atoms with Gasteiger partial charge in [0, 0.05) is 25.4 Å². The van der Waals surface area contributed by atoms with Crippen molar-refractivity contribution in [3.8, 4) is 0 Å². The SMILES string of the molecule is Cn1nc2ccc(C(=O)O)cc2c1N1CCC(=O)NC1=O. The number of carbonyl (C=O) groups excluding carboxylic acids is 2. The summed E-state index contributed by atoms with van der Waals surface area (Å²) in [5.74, 6) is -0.906. The first-order valence-electron chi connectivity index (χ1n) is 6.29. The Morgan fingerprint density at radius 3 is 2.81 bits per heavy atom. The molecule has 2 N–H and O–H groups in total. The first-order valence-corrected chi connectivity index (χ1v) is 6.29. The Kier molecular flexibility index (Phi) is 2.86. The molecule has 1 aromatic heterocycles. The molecule has 8 nitrogen and oxygen atoms in total. The largest absolute Gasteiger partial charge is 0.478 e. The zero-order valence-corrected chi connectivity index (χ0v) is 11.2. The van der Waals surface area contributed by atoms with E-state index in [9.17, 15) is 14.4 Å². The smallest absolute Gasteiger partial charge is 0.335 e. The zero-order valence-electron chi connectivity index (χ0n) is 11.2. The van der Waals surface area contributed by atoms with E-state index in [0.717, 1.165) is 0 Å². The van der Waals surface area contributed by atoms with Crippen molar-refractivity contribution >= 4 is 34.6 Å². The molecule has 108 valence electrons. The molecule has 3 amide bonds. The van der Waals surface area contributed by atoms with Crippen molar-refractivity contribution in [2.24, 2.45) is 7.05 Å². The third-order valence-electron chi connectivity index (χ3n) is 3.36. The monoisotopic (exact) mass is 288 g/mol. The van der Waals surface area contributed by atoms with Gasteiger partial charge in [-0.3, -0.25) is 19.7 Å². The van der Waals surface area contributed by atoms with Gasteiger partial charge in [-0.25, -0.2) is 9.59 Å². The van der Waals surface area contributed by atoms with E-state index in [1.807, 2.05) is 0 Å². The number of hydrogen-bond donors (Lipinski definition) is 2. The van der Waals surface area contributed by atoms with Crippen molar-refractivity contribution in [1.29, 1.82) is 0 Å². The topological polar surface area (TPSA) is 105 Å². The Labute approximate surface area is 118 Å². The summed E-state index contributed by atoms with van der Waals surface area (Å²) in [6, 6.07) is 4.00. The van der Waals surface area contributed by atoms with E-state index in [1.165, 1.54) is 21.7 Å². The van der Waals surface area contributed by atoms with Crippen LogP contribution in [-0.2, 0) is 11.8 Å². The lowest BCUT2D eigenvalue weighted by molar-refractivity contribution is -0.120. The molecule has 2 aromatic rings. The van der Waals surface area contributed by atoms with Gasteiger partial charge < -0.3 is 5.11 Å². The number of carboxylic acid groups (broad SMARTS) is 1. The molecule has 0 aliphatic carbocycles. The van der Waals surface area contributed by atoms with Crippen LogP contribution in [-0.4, -0.2) is 39.3 Å². The Bertz CT molecular complexity index is 780. The zero-order chi connectivity index (χ0) is 15.1. The minimum atomic E-state index is -1.05. The maximum absolute atomic E-state index is 12.0. The molecule has 1 aromatic carbocycles. The van der Waals surface area contributed by atoms with Crippen LogP contribution >= 0.6 is 0 Å². The molecule has 0 saturated carbocycles. The van der Waals surface area contributed by atoms with Crippen LogP contribution in [0.5, 0.6) is 0 Å². The highest BCUT2D eigenvalue weighted by Gasteiger charge is 2.28. The molecule has 1 saturated heterocycles. The number of amides is 3. The van der Waals surface area contributed by atoms with Gasteiger partial charge in [0.1, 0.15) is 5.82 Å². The number of aromatic carboxylic acids is 1. The van der Waals surface area contributed by atoms with Gasteiger partial charge in [-0.15, -0.1) is 0 Å². The number of nitrogens with one attached hydrogen (secondary N) is 1. The molecule has 21 heavy (non-hydrogen) atoms. The highest BCUT2D eigenvalue weighted by Crippen LogP contribution is 2.28. The van der Waals surface area contributed by atoms with Crippen LogP contribution in [0.3, 0.4) is 0 Å². The van der Waals surface area contributed by atoms with E-state index < -0.39 is 12.0 Å². The highest BCUT2D eigenvalue weighted by atomic mass is 16.4. The van der Waals surface area contributed by atoms with Crippen molar-refractivity contribution in [1.82, 2.24) is 15.1 Å². The van der Waals surface area contributed by atoms with Crippen molar-refractivity contribution in [2.45, 2.75) is 6.42 Å². The van der Waals surface area contributed by atoms with E-state index >= 15 is 0 Å². The van der Waals surface area contributed by atoms with Gasteiger partial charge in [0.25, 0.3) is 0 Å². The number of aromatic nitrogens is 2. The Morgan fingerprint density at radius 2 is 2.14 bits per heavy atom. The standard InChI is InChI=1S/C13H12N4O4/c1-16-11(17-5-4-10(18)14-13(17)21)8-6-7(12(19)20)2-3-9(8)15-16/h2-3,6H,4-5H2,1H3,(H,19,20)(H,14,18,21). The second kappa shape index (κ2) is 4.58. The first-order chi connectivity index (χ1) is 9.97. The maximum Gasteiger partial charge on any atom is 0.335 e. The summed E-state index contributed by atoms with van der Waals surface area (Å²) < 4.78 is 1.51. The number of nitrogens with zero attached hydrogens (tertiary/aromatic N) is 3. The number of hydrogen-bond acceptors (Lipinski definition) is 4. The Hall–Kier alpha value is -2.90. The number of urea groups is 1. The third-order valence-corrected chi connectivity index (χ3v) is 3.36. The predicted molar refractivity (Wildman–Crippen MR) is 73.2 cm³/mol. The van der Waals surface area contributed by atoms with Gasteiger partial charge in [0.2, 0.25) is 5.91 Å². The average Bonchev–Trinajstić information content (AvgIpc) is 2.74. The van der Waals surface area contributed by atoms with Crippen molar-refractivity contribution in [2.75, 3.05) is 11.4 Å². The minimum absolute atomic E-state index is 0.116.